The highest BCUT2D eigenvalue weighted by molar-refractivity contribution is 5.39. The highest BCUT2D eigenvalue weighted by atomic mass is 19.1. The van der Waals surface area contributed by atoms with E-state index in [2.05, 4.69) is 5.32 Å². The third kappa shape index (κ3) is 2.73. The van der Waals surface area contributed by atoms with Crippen LogP contribution in [0, 0.1) is 21.7 Å². The summed E-state index contributed by atoms with van der Waals surface area (Å²) in [4.78, 5) is 9.58. The van der Waals surface area contributed by atoms with Crippen molar-refractivity contribution in [3.8, 4) is 5.75 Å². The third-order valence-corrected chi connectivity index (χ3v) is 2.76. The molecule has 1 aromatic rings. The largest absolute Gasteiger partial charge is 0.484 e. The molecule has 1 saturated heterocycles. The van der Waals surface area contributed by atoms with Crippen LogP contribution in [0.2, 0.25) is 0 Å². The Hall–Kier alpha value is -1.76. The van der Waals surface area contributed by atoms with Gasteiger partial charge in [0.15, 0.2) is 17.4 Å². The fourth-order valence-corrected chi connectivity index (χ4v) is 1.84. The van der Waals surface area contributed by atoms with E-state index in [1.54, 1.807) is 0 Å². The molecular weight excluding hydrogens is 246 g/mol. The number of halogens is 2. The van der Waals surface area contributed by atoms with Gasteiger partial charge in [-0.3, -0.25) is 10.1 Å². The lowest BCUT2D eigenvalue weighted by Crippen LogP contribution is -2.34. The Bertz CT molecular complexity index is 439. The molecule has 98 valence electrons. The molecule has 1 aromatic carbocycles. The van der Waals surface area contributed by atoms with E-state index >= 15 is 0 Å². The predicted molar refractivity (Wildman–Crippen MR) is 59.5 cm³/mol. The molecule has 1 heterocycles. The summed E-state index contributed by atoms with van der Waals surface area (Å²) in [6, 6.07) is 1.33. The van der Waals surface area contributed by atoms with Crippen LogP contribution in [0.25, 0.3) is 0 Å². The van der Waals surface area contributed by atoms with Crippen molar-refractivity contribution in [1.29, 1.82) is 0 Å². The second kappa shape index (κ2) is 5.26. The number of non-ortho nitro benzene ring substituents is 1. The Kier molecular flexibility index (Phi) is 3.71. The number of nitrogens with zero attached hydrogens (tertiary/aromatic N) is 1. The second-order valence-corrected chi connectivity index (χ2v) is 4.06. The first-order chi connectivity index (χ1) is 8.58. The van der Waals surface area contributed by atoms with Gasteiger partial charge in [-0.25, -0.2) is 8.78 Å². The number of ether oxygens (including phenoxy) is 1. The maximum atomic E-state index is 13.5. The maximum absolute atomic E-state index is 13.5. The Morgan fingerprint density at radius 1 is 1.28 bits per heavy atom. The van der Waals surface area contributed by atoms with Crippen LogP contribution >= 0.6 is 0 Å². The van der Waals surface area contributed by atoms with E-state index < -0.39 is 28.0 Å². The first-order valence-electron chi connectivity index (χ1n) is 5.58. The number of nitro groups is 1. The van der Waals surface area contributed by atoms with E-state index in [9.17, 15) is 18.9 Å². The molecule has 1 fully saturated rings. The van der Waals surface area contributed by atoms with Gasteiger partial charge in [-0.2, -0.15) is 0 Å². The quantitative estimate of drug-likeness (QED) is 0.665. The van der Waals surface area contributed by atoms with Gasteiger partial charge < -0.3 is 10.1 Å². The van der Waals surface area contributed by atoms with Crippen LogP contribution in [-0.4, -0.2) is 24.1 Å². The van der Waals surface area contributed by atoms with Crippen molar-refractivity contribution in [2.45, 2.75) is 18.9 Å². The molecular formula is C11H12F2N2O3. The molecule has 0 bridgehead atoms. The van der Waals surface area contributed by atoms with Gasteiger partial charge in [0.05, 0.1) is 17.1 Å². The lowest BCUT2D eigenvalue weighted by atomic mass is 10.1. The fraction of sp³-hybridized carbons (Fsp3) is 0.455. The van der Waals surface area contributed by atoms with Gasteiger partial charge in [0.1, 0.15) is 6.10 Å². The van der Waals surface area contributed by atoms with E-state index in [0.29, 0.717) is 25.0 Å². The molecule has 1 aliphatic rings. The van der Waals surface area contributed by atoms with Gasteiger partial charge in [-0.1, -0.05) is 0 Å². The van der Waals surface area contributed by atoms with Crippen LogP contribution in [0.5, 0.6) is 5.75 Å². The smallest absolute Gasteiger partial charge is 0.275 e. The molecule has 2 rings (SSSR count). The summed E-state index contributed by atoms with van der Waals surface area (Å²) < 4.78 is 32.3. The molecule has 0 aliphatic carbocycles. The van der Waals surface area contributed by atoms with Crippen molar-refractivity contribution in [2.75, 3.05) is 13.1 Å². The van der Waals surface area contributed by atoms with E-state index in [4.69, 9.17) is 4.74 Å². The van der Waals surface area contributed by atoms with Crippen molar-refractivity contribution < 1.29 is 18.4 Å². The van der Waals surface area contributed by atoms with Crippen molar-refractivity contribution >= 4 is 5.69 Å². The van der Waals surface area contributed by atoms with Crippen LogP contribution in [0.15, 0.2) is 12.1 Å². The lowest BCUT2D eigenvalue weighted by Gasteiger charge is -2.24. The highest BCUT2D eigenvalue weighted by Crippen LogP contribution is 2.28. The molecule has 0 aromatic heterocycles. The Morgan fingerprint density at radius 2 is 1.83 bits per heavy atom. The lowest BCUT2D eigenvalue weighted by molar-refractivity contribution is -0.385. The van der Waals surface area contributed by atoms with Gasteiger partial charge in [0.25, 0.3) is 5.69 Å². The number of nitrogens with one attached hydrogen (secondary N) is 1. The molecule has 1 N–H and O–H groups in total. The topological polar surface area (TPSA) is 64.4 Å². The summed E-state index contributed by atoms with van der Waals surface area (Å²) in [6.45, 7) is 1.45. The van der Waals surface area contributed by atoms with Crippen LogP contribution < -0.4 is 10.1 Å². The summed E-state index contributed by atoms with van der Waals surface area (Å²) in [5.74, 6) is -2.62. The van der Waals surface area contributed by atoms with Crippen LogP contribution in [0.3, 0.4) is 0 Å². The van der Waals surface area contributed by atoms with Gasteiger partial charge in [-0.15, -0.1) is 0 Å². The Morgan fingerprint density at radius 3 is 2.33 bits per heavy atom. The zero-order chi connectivity index (χ0) is 13.1. The molecule has 0 radical (unpaired) electrons. The normalized spacial score (nSPS) is 16.6. The summed E-state index contributed by atoms with van der Waals surface area (Å²) in [6.07, 6.45) is 1.03. The number of rotatable bonds is 3. The summed E-state index contributed by atoms with van der Waals surface area (Å²) in [5.41, 5.74) is -0.623. The van der Waals surface area contributed by atoms with Crippen LogP contribution in [-0.2, 0) is 0 Å². The number of piperidine rings is 1. The molecule has 1 aliphatic heterocycles. The monoisotopic (exact) mass is 258 g/mol. The second-order valence-electron chi connectivity index (χ2n) is 4.06. The number of hydrogen-bond acceptors (Lipinski definition) is 4. The molecule has 5 nitrogen and oxygen atoms in total. The van der Waals surface area contributed by atoms with Gasteiger partial charge in [0, 0.05) is 0 Å². The van der Waals surface area contributed by atoms with Crippen molar-refractivity contribution in [2.24, 2.45) is 0 Å². The first kappa shape index (κ1) is 12.7. The minimum atomic E-state index is -1.04. The third-order valence-electron chi connectivity index (χ3n) is 2.76. The van der Waals surface area contributed by atoms with Gasteiger partial charge in [0.2, 0.25) is 0 Å². The number of hydrogen-bond donors (Lipinski definition) is 1. The zero-order valence-electron chi connectivity index (χ0n) is 9.49. The molecule has 0 spiro atoms. The van der Waals surface area contributed by atoms with Crippen LogP contribution in [0.1, 0.15) is 12.8 Å². The first-order valence-corrected chi connectivity index (χ1v) is 5.58. The van der Waals surface area contributed by atoms with Gasteiger partial charge >= 0.3 is 0 Å². The minimum absolute atomic E-state index is 0.267. The molecule has 0 unspecified atom stereocenters. The maximum Gasteiger partial charge on any atom is 0.275 e. The van der Waals surface area contributed by atoms with Crippen molar-refractivity contribution in [1.82, 2.24) is 5.32 Å². The average Bonchev–Trinajstić information content (AvgIpc) is 2.34. The number of benzene rings is 1. The summed E-state index contributed by atoms with van der Waals surface area (Å²) in [5, 5.41) is 13.5. The average molecular weight is 258 g/mol. The molecule has 0 saturated carbocycles. The molecule has 0 atom stereocenters. The van der Waals surface area contributed by atoms with E-state index in [0.717, 1.165) is 13.1 Å². The Labute approximate surface area is 102 Å². The standard InChI is InChI=1S/C11H12F2N2O3/c12-9-5-7(15(16)17)6-10(13)11(9)18-8-1-3-14-4-2-8/h5-6,8,14H,1-4H2. The Balaban J connectivity index is 2.19. The number of nitro benzene ring substituents is 1. The molecule has 7 heteroatoms. The van der Waals surface area contributed by atoms with Crippen LogP contribution in [0.4, 0.5) is 14.5 Å². The predicted octanol–water partition coefficient (Wildman–Crippen LogP) is 2.00. The van der Waals surface area contributed by atoms with Crippen molar-refractivity contribution in [3.05, 3.63) is 33.9 Å². The molecule has 0 amide bonds. The van der Waals surface area contributed by atoms with E-state index in [1.807, 2.05) is 0 Å². The summed E-state index contributed by atoms with van der Waals surface area (Å²) >= 11 is 0. The SMILES string of the molecule is O=[N+]([O-])c1cc(F)c(OC2CCNCC2)c(F)c1. The zero-order valence-corrected chi connectivity index (χ0v) is 9.49. The fourth-order valence-electron chi connectivity index (χ4n) is 1.84. The van der Waals surface area contributed by atoms with E-state index in [-0.39, 0.29) is 6.10 Å². The molecule has 18 heavy (non-hydrogen) atoms. The highest BCUT2D eigenvalue weighted by Gasteiger charge is 2.22. The van der Waals surface area contributed by atoms with E-state index in [1.165, 1.54) is 0 Å². The minimum Gasteiger partial charge on any atom is -0.484 e. The summed E-state index contributed by atoms with van der Waals surface area (Å²) in [7, 11) is 0. The van der Waals surface area contributed by atoms with Gasteiger partial charge in [-0.05, 0) is 25.9 Å². The van der Waals surface area contributed by atoms with Crippen molar-refractivity contribution in [3.63, 3.8) is 0 Å².